The summed E-state index contributed by atoms with van der Waals surface area (Å²) in [5.41, 5.74) is 4.43. The number of aryl methyl sites for hydroxylation is 1. The van der Waals surface area contributed by atoms with Crippen LogP contribution in [0.3, 0.4) is 0 Å². The lowest BCUT2D eigenvalue weighted by Gasteiger charge is -2.26. The van der Waals surface area contributed by atoms with Gasteiger partial charge in [0.1, 0.15) is 0 Å². The van der Waals surface area contributed by atoms with Gasteiger partial charge in [0.15, 0.2) is 0 Å². The normalized spacial score (nSPS) is 18.4. The number of carboxylic acid groups (broad SMARTS) is 1. The van der Waals surface area contributed by atoms with Gasteiger partial charge in [-0.15, -0.1) is 0 Å². The van der Waals surface area contributed by atoms with Crippen molar-refractivity contribution < 1.29 is 14.7 Å². The fraction of sp³-hybridized carbons (Fsp3) is 0.467. The van der Waals surface area contributed by atoms with E-state index in [0.29, 0.717) is 12.8 Å². The van der Waals surface area contributed by atoms with E-state index in [1.54, 1.807) is 6.92 Å². The molecule has 19 heavy (non-hydrogen) atoms. The average molecular weight is 259 g/mol. The van der Waals surface area contributed by atoms with Gasteiger partial charge in [-0.2, -0.15) is 0 Å². The molecule has 1 amide bonds. The van der Waals surface area contributed by atoms with E-state index in [2.05, 4.69) is 6.07 Å². The number of carbonyl (C=O) groups is 2. The Morgan fingerprint density at radius 1 is 1.42 bits per heavy atom. The van der Waals surface area contributed by atoms with Crippen LogP contribution in [0, 0.1) is 5.92 Å². The zero-order valence-corrected chi connectivity index (χ0v) is 11.0. The summed E-state index contributed by atoms with van der Waals surface area (Å²) < 4.78 is 0. The monoisotopic (exact) mass is 259 g/mol. The van der Waals surface area contributed by atoms with E-state index in [9.17, 15) is 9.59 Å². The van der Waals surface area contributed by atoms with E-state index in [0.717, 1.165) is 36.2 Å². The Balaban J connectivity index is 1.97. The van der Waals surface area contributed by atoms with E-state index in [1.807, 2.05) is 11.0 Å². The Morgan fingerprint density at radius 3 is 2.89 bits per heavy atom. The van der Waals surface area contributed by atoms with Crippen molar-refractivity contribution in [3.63, 3.8) is 0 Å². The topological polar surface area (TPSA) is 57.6 Å². The molecule has 0 fully saturated rings. The maximum absolute atomic E-state index is 11.9. The Bertz CT molecular complexity index is 565. The molecule has 0 saturated carbocycles. The quantitative estimate of drug-likeness (QED) is 0.900. The van der Waals surface area contributed by atoms with Gasteiger partial charge in [0.25, 0.3) is 0 Å². The Labute approximate surface area is 112 Å². The molecule has 1 unspecified atom stereocenters. The van der Waals surface area contributed by atoms with Crippen molar-refractivity contribution in [2.24, 2.45) is 5.92 Å². The van der Waals surface area contributed by atoms with Crippen LogP contribution in [0.1, 0.15) is 30.0 Å². The van der Waals surface area contributed by atoms with Crippen molar-refractivity contribution in [3.05, 3.63) is 28.8 Å². The molecule has 3 rings (SSSR count). The molecule has 1 aromatic carbocycles. The number of rotatable bonds is 3. The summed E-state index contributed by atoms with van der Waals surface area (Å²) in [6.45, 7) is 2.54. The summed E-state index contributed by atoms with van der Waals surface area (Å²) in [4.78, 5) is 24.8. The molecule has 0 aliphatic carbocycles. The first-order valence-electron chi connectivity index (χ1n) is 6.74. The van der Waals surface area contributed by atoms with Gasteiger partial charge in [-0.3, -0.25) is 9.59 Å². The molecule has 0 radical (unpaired) electrons. The molecule has 0 saturated heterocycles. The highest BCUT2D eigenvalue weighted by Crippen LogP contribution is 2.37. The molecule has 2 heterocycles. The third-order valence-electron chi connectivity index (χ3n) is 4.03. The Kier molecular flexibility index (Phi) is 2.81. The highest BCUT2D eigenvalue weighted by molar-refractivity contribution is 6.02. The number of amides is 1. The van der Waals surface area contributed by atoms with Crippen LogP contribution in [0.15, 0.2) is 12.1 Å². The molecule has 0 spiro atoms. The van der Waals surface area contributed by atoms with E-state index in [1.165, 1.54) is 5.56 Å². The highest BCUT2D eigenvalue weighted by Gasteiger charge is 2.32. The first kappa shape index (κ1) is 12.2. The van der Waals surface area contributed by atoms with Crippen LogP contribution in [0.2, 0.25) is 0 Å². The number of hydrogen-bond acceptors (Lipinski definition) is 2. The van der Waals surface area contributed by atoms with Crippen LogP contribution < -0.4 is 4.90 Å². The van der Waals surface area contributed by atoms with Crippen LogP contribution >= 0.6 is 0 Å². The zero-order valence-electron chi connectivity index (χ0n) is 11.0. The lowest BCUT2D eigenvalue weighted by molar-refractivity contribution is -0.141. The molecule has 1 atom stereocenters. The second-order valence-corrected chi connectivity index (χ2v) is 5.53. The first-order chi connectivity index (χ1) is 9.06. The molecular weight excluding hydrogens is 242 g/mol. The summed E-state index contributed by atoms with van der Waals surface area (Å²) in [6.07, 6.45) is 2.99. The van der Waals surface area contributed by atoms with Crippen molar-refractivity contribution in [1.29, 1.82) is 0 Å². The molecule has 0 aromatic heterocycles. The van der Waals surface area contributed by atoms with Gasteiger partial charge in [0.2, 0.25) is 5.91 Å². The molecule has 2 aliphatic heterocycles. The minimum Gasteiger partial charge on any atom is -0.481 e. The maximum Gasteiger partial charge on any atom is 0.306 e. The van der Waals surface area contributed by atoms with Crippen LogP contribution in [0.25, 0.3) is 0 Å². The Morgan fingerprint density at radius 2 is 2.16 bits per heavy atom. The first-order valence-corrected chi connectivity index (χ1v) is 6.74. The Hall–Kier alpha value is -1.84. The summed E-state index contributed by atoms with van der Waals surface area (Å²) in [7, 11) is 0. The molecule has 4 heteroatoms. The third-order valence-corrected chi connectivity index (χ3v) is 4.03. The second-order valence-electron chi connectivity index (χ2n) is 5.53. The predicted molar refractivity (Wildman–Crippen MR) is 71.3 cm³/mol. The summed E-state index contributed by atoms with van der Waals surface area (Å²) in [5.74, 6) is -0.978. The number of nitrogens with zero attached hydrogens (tertiary/aromatic N) is 1. The van der Waals surface area contributed by atoms with Crippen LogP contribution in [-0.2, 0) is 28.9 Å². The fourth-order valence-electron chi connectivity index (χ4n) is 3.11. The number of carboxylic acids is 1. The predicted octanol–water partition coefficient (Wildman–Crippen LogP) is 1.79. The van der Waals surface area contributed by atoms with Gasteiger partial charge < -0.3 is 10.0 Å². The zero-order chi connectivity index (χ0) is 13.6. The van der Waals surface area contributed by atoms with Gasteiger partial charge in [0, 0.05) is 6.54 Å². The van der Waals surface area contributed by atoms with Crippen LogP contribution in [0.4, 0.5) is 5.69 Å². The van der Waals surface area contributed by atoms with Gasteiger partial charge in [-0.05, 0) is 36.0 Å². The van der Waals surface area contributed by atoms with Gasteiger partial charge in [-0.1, -0.05) is 19.1 Å². The molecule has 2 aliphatic rings. The average Bonchev–Trinajstić information content (AvgIpc) is 2.68. The highest BCUT2D eigenvalue weighted by atomic mass is 16.4. The number of anilines is 1. The largest absolute Gasteiger partial charge is 0.481 e. The minimum absolute atomic E-state index is 0.180. The number of benzene rings is 1. The van der Waals surface area contributed by atoms with E-state index >= 15 is 0 Å². The number of aliphatic carboxylic acids is 1. The van der Waals surface area contributed by atoms with Crippen molar-refractivity contribution in [3.8, 4) is 0 Å². The van der Waals surface area contributed by atoms with Crippen LogP contribution in [0.5, 0.6) is 0 Å². The van der Waals surface area contributed by atoms with Crippen molar-refractivity contribution >= 4 is 17.6 Å². The SMILES string of the molecule is CC(Cc1cc2c3c(c1)CC(=O)N3CCC2)C(=O)O. The third kappa shape index (κ3) is 2.01. The minimum atomic E-state index is -0.771. The van der Waals surface area contributed by atoms with E-state index < -0.39 is 5.97 Å². The van der Waals surface area contributed by atoms with E-state index in [-0.39, 0.29) is 11.8 Å². The fourth-order valence-corrected chi connectivity index (χ4v) is 3.11. The van der Waals surface area contributed by atoms with Crippen LogP contribution in [-0.4, -0.2) is 23.5 Å². The second kappa shape index (κ2) is 4.37. The van der Waals surface area contributed by atoms with Gasteiger partial charge >= 0.3 is 5.97 Å². The molecule has 1 aromatic rings. The molecular formula is C15H17NO3. The van der Waals surface area contributed by atoms with Crippen molar-refractivity contribution in [1.82, 2.24) is 0 Å². The number of carbonyl (C=O) groups excluding carboxylic acids is 1. The van der Waals surface area contributed by atoms with Gasteiger partial charge in [0.05, 0.1) is 18.0 Å². The smallest absolute Gasteiger partial charge is 0.306 e. The van der Waals surface area contributed by atoms with Gasteiger partial charge in [-0.25, -0.2) is 0 Å². The lowest BCUT2D eigenvalue weighted by Crippen LogP contribution is -2.31. The summed E-state index contributed by atoms with van der Waals surface area (Å²) in [6, 6.07) is 4.10. The molecule has 1 N–H and O–H groups in total. The summed E-state index contributed by atoms with van der Waals surface area (Å²) in [5, 5.41) is 9.00. The summed E-state index contributed by atoms with van der Waals surface area (Å²) >= 11 is 0. The molecule has 100 valence electrons. The molecule has 0 bridgehead atoms. The van der Waals surface area contributed by atoms with Crippen molar-refractivity contribution in [2.75, 3.05) is 11.4 Å². The van der Waals surface area contributed by atoms with E-state index in [4.69, 9.17) is 5.11 Å². The number of hydrogen-bond donors (Lipinski definition) is 1. The molecule has 4 nitrogen and oxygen atoms in total. The standard InChI is InChI=1S/C15H17NO3/c1-9(15(18)19)5-10-6-11-3-2-4-16-13(17)8-12(7-10)14(11)16/h6-7,9H,2-5,8H2,1H3,(H,18,19). The lowest BCUT2D eigenvalue weighted by atomic mass is 9.93. The maximum atomic E-state index is 11.9. The van der Waals surface area contributed by atoms with Crippen molar-refractivity contribution in [2.45, 2.75) is 32.6 Å².